The van der Waals surface area contributed by atoms with Gasteiger partial charge in [-0.1, -0.05) is 6.07 Å². The van der Waals surface area contributed by atoms with Gasteiger partial charge >= 0.3 is 0 Å². The maximum Gasteiger partial charge on any atom is 0.255 e. The van der Waals surface area contributed by atoms with Crippen molar-refractivity contribution >= 4 is 11.4 Å². The van der Waals surface area contributed by atoms with Gasteiger partial charge in [-0.15, -0.1) is 0 Å². The average molecular weight is 287 g/mol. The molecule has 21 heavy (non-hydrogen) atoms. The zero-order valence-electron chi connectivity index (χ0n) is 12.0. The zero-order chi connectivity index (χ0) is 14.7. The van der Waals surface area contributed by atoms with Gasteiger partial charge in [0, 0.05) is 38.4 Å². The molecule has 6 nitrogen and oxygen atoms in total. The van der Waals surface area contributed by atoms with E-state index in [9.17, 15) is 4.79 Å². The Morgan fingerprint density at radius 1 is 1.38 bits per heavy atom. The van der Waals surface area contributed by atoms with Crippen LogP contribution in [-0.2, 0) is 0 Å². The van der Waals surface area contributed by atoms with Crippen LogP contribution in [0.25, 0.3) is 5.52 Å². The van der Waals surface area contributed by atoms with Crippen LogP contribution in [0.5, 0.6) is 0 Å². The Balaban J connectivity index is 1.62. The van der Waals surface area contributed by atoms with Crippen molar-refractivity contribution in [3.63, 3.8) is 0 Å². The molecular formula is C15H21N5O. The predicted octanol–water partition coefficient (Wildman–Crippen LogP) is 0.487. The van der Waals surface area contributed by atoms with Gasteiger partial charge in [0.2, 0.25) is 0 Å². The van der Waals surface area contributed by atoms with Crippen molar-refractivity contribution in [1.29, 1.82) is 0 Å². The number of nitrogens with zero attached hydrogens (tertiary/aromatic N) is 3. The van der Waals surface area contributed by atoms with Crippen LogP contribution >= 0.6 is 0 Å². The minimum absolute atomic E-state index is 0.0338. The highest BCUT2D eigenvalue weighted by atomic mass is 16.1. The predicted molar refractivity (Wildman–Crippen MR) is 81.2 cm³/mol. The van der Waals surface area contributed by atoms with E-state index in [-0.39, 0.29) is 11.9 Å². The molecule has 0 aliphatic carbocycles. The number of nitrogens with two attached hydrogens (primary N) is 1. The highest BCUT2D eigenvalue weighted by molar-refractivity contribution is 6.00. The summed E-state index contributed by atoms with van der Waals surface area (Å²) in [5, 5.41) is 7.33. The van der Waals surface area contributed by atoms with Crippen molar-refractivity contribution < 1.29 is 4.79 Å². The summed E-state index contributed by atoms with van der Waals surface area (Å²) >= 11 is 0. The number of amides is 1. The maximum absolute atomic E-state index is 12.4. The lowest BCUT2D eigenvalue weighted by Crippen LogP contribution is -2.45. The van der Waals surface area contributed by atoms with Crippen molar-refractivity contribution in [3.8, 4) is 0 Å². The molecule has 1 amide bonds. The molecular weight excluding hydrogens is 266 g/mol. The van der Waals surface area contributed by atoms with E-state index < -0.39 is 0 Å². The SMILES string of the molecule is NCCN1CCC(NC(=O)c2cnn3ccccc23)CC1. The maximum atomic E-state index is 12.4. The van der Waals surface area contributed by atoms with Gasteiger partial charge in [-0.2, -0.15) is 5.10 Å². The number of rotatable bonds is 4. The largest absolute Gasteiger partial charge is 0.349 e. The van der Waals surface area contributed by atoms with Crippen molar-refractivity contribution in [2.45, 2.75) is 18.9 Å². The van der Waals surface area contributed by atoms with Crippen LogP contribution in [-0.4, -0.2) is 52.6 Å². The Morgan fingerprint density at radius 3 is 2.95 bits per heavy atom. The van der Waals surface area contributed by atoms with Gasteiger partial charge in [0.15, 0.2) is 0 Å². The molecule has 0 aromatic carbocycles. The lowest BCUT2D eigenvalue weighted by Gasteiger charge is -2.31. The summed E-state index contributed by atoms with van der Waals surface area (Å²) < 4.78 is 1.72. The van der Waals surface area contributed by atoms with Crippen molar-refractivity contribution in [2.24, 2.45) is 5.73 Å². The van der Waals surface area contributed by atoms with Crippen LogP contribution in [0.2, 0.25) is 0 Å². The highest BCUT2D eigenvalue weighted by Gasteiger charge is 2.21. The second-order valence-corrected chi connectivity index (χ2v) is 5.47. The van der Waals surface area contributed by atoms with Gasteiger partial charge in [-0.05, 0) is 25.0 Å². The molecule has 1 saturated heterocycles. The van der Waals surface area contributed by atoms with E-state index in [1.54, 1.807) is 10.7 Å². The summed E-state index contributed by atoms with van der Waals surface area (Å²) in [5.41, 5.74) is 7.05. The second-order valence-electron chi connectivity index (χ2n) is 5.47. The first-order valence-corrected chi connectivity index (χ1v) is 7.43. The molecule has 1 aliphatic rings. The summed E-state index contributed by atoms with van der Waals surface area (Å²) in [4.78, 5) is 14.7. The fourth-order valence-electron chi connectivity index (χ4n) is 2.86. The van der Waals surface area contributed by atoms with E-state index in [0.29, 0.717) is 12.1 Å². The van der Waals surface area contributed by atoms with Crippen LogP contribution in [0.1, 0.15) is 23.2 Å². The molecule has 2 aromatic heterocycles. The van der Waals surface area contributed by atoms with Crippen molar-refractivity contribution in [1.82, 2.24) is 19.8 Å². The standard InChI is InChI=1S/C15H21N5O/c16-6-10-19-8-4-12(5-9-19)18-15(21)13-11-17-20-7-2-1-3-14(13)20/h1-3,7,11-12H,4-6,8-10,16H2,(H,18,21). The fourth-order valence-corrected chi connectivity index (χ4v) is 2.86. The monoisotopic (exact) mass is 287 g/mol. The quantitative estimate of drug-likeness (QED) is 0.858. The van der Waals surface area contributed by atoms with Crippen LogP contribution in [0.15, 0.2) is 30.6 Å². The third-order valence-corrected chi connectivity index (χ3v) is 4.04. The van der Waals surface area contributed by atoms with E-state index in [4.69, 9.17) is 5.73 Å². The zero-order valence-corrected chi connectivity index (χ0v) is 12.0. The number of nitrogens with one attached hydrogen (secondary N) is 1. The number of pyridine rings is 1. The minimum Gasteiger partial charge on any atom is -0.349 e. The molecule has 3 rings (SSSR count). The first kappa shape index (κ1) is 14.0. The first-order valence-electron chi connectivity index (χ1n) is 7.43. The summed E-state index contributed by atoms with van der Waals surface area (Å²) in [6.07, 6.45) is 5.43. The number of hydrogen-bond donors (Lipinski definition) is 2. The van der Waals surface area contributed by atoms with Gasteiger partial charge < -0.3 is 16.0 Å². The average Bonchev–Trinajstić information content (AvgIpc) is 2.93. The summed E-state index contributed by atoms with van der Waals surface area (Å²) in [7, 11) is 0. The van der Waals surface area contributed by atoms with Gasteiger partial charge in [0.1, 0.15) is 0 Å². The number of piperidine rings is 1. The van der Waals surface area contributed by atoms with Crippen molar-refractivity contribution in [3.05, 3.63) is 36.2 Å². The minimum atomic E-state index is -0.0338. The van der Waals surface area contributed by atoms with Gasteiger partial charge in [0.25, 0.3) is 5.91 Å². The normalized spacial score (nSPS) is 17.2. The van der Waals surface area contributed by atoms with Crippen LogP contribution in [0, 0.1) is 0 Å². The molecule has 6 heteroatoms. The summed E-state index contributed by atoms with van der Waals surface area (Å²) in [5.74, 6) is -0.0338. The Morgan fingerprint density at radius 2 is 2.19 bits per heavy atom. The molecule has 3 N–H and O–H groups in total. The Hall–Kier alpha value is -1.92. The number of hydrogen-bond acceptors (Lipinski definition) is 4. The Labute approximate surface area is 123 Å². The molecule has 0 saturated carbocycles. The van der Waals surface area contributed by atoms with Crippen LogP contribution < -0.4 is 11.1 Å². The number of carbonyl (C=O) groups is 1. The molecule has 0 atom stereocenters. The van der Waals surface area contributed by atoms with Gasteiger partial charge in [0.05, 0.1) is 17.3 Å². The second kappa shape index (κ2) is 6.24. The van der Waals surface area contributed by atoms with Crippen LogP contribution in [0.3, 0.4) is 0 Å². The Kier molecular flexibility index (Phi) is 4.17. The molecule has 1 aliphatic heterocycles. The molecule has 1 fully saturated rings. The Bertz CT molecular complexity index is 615. The first-order chi connectivity index (χ1) is 10.3. The number of aromatic nitrogens is 2. The third kappa shape index (κ3) is 3.06. The van der Waals surface area contributed by atoms with E-state index >= 15 is 0 Å². The van der Waals surface area contributed by atoms with E-state index in [1.165, 1.54) is 0 Å². The van der Waals surface area contributed by atoms with Crippen LogP contribution in [0.4, 0.5) is 0 Å². The molecule has 112 valence electrons. The van der Waals surface area contributed by atoms with Gasteiger partial charge in [-0.3, -0.25) is 4.79 Å². The van der Waals surface area contributed by atoms with Gasteiger partial charge in [-0.25, -0.2) is 4.52 Å². The third-order valence-electron chi connectivity index (χ3n) is 4.04. The molecule has 0 unspecified atom stereocenters. The molecule has 2 aromatic rings. The van der Waals surface area contributed by atoms with E-state index in [2.05, 4.69) is 15.3 Å². The lowest BCUT2D eigenvalue weighted by molar-refractivity contribution is 0.0913. The number of carbonyl (C=O) groups excluding carboxylic acids is 1. The molecule has 0 bridgehead atoms. The molecule has 0 radical (unpaired) electrons. The number of fused-ring (bicyclic) bond motifs is 1. The summed E-state index contributed by atoms with van der Waals surface area (Å²) in [6.45, 7) is 3.63. The molecule has 0 spiro atoms. The highest BCUT2D eigenvalue weighted by Crippen LogP contribution is 2.13. The lowest BCUT2D eigenvalue weighted by atomic mass is 10.0. The van der Waals surface area contributed by atoms with E-state index in [1.807, 2.05) is 24.4 Å². The van der Waals surface area contributed by atoms with E-state index in [0.717, 1.165) is 38.0 Å². The molecule has 3 heterocycles. The fraction of sp³-hybridized carbons (Fsp3) is 0.467. The topological polar surface area (TPSA) is 75.7 Å². The van der Waals surface area contributed by atoms with Crippen molar-refractivity contribution in [2.75, 3.05) is 26.2 Å². The summed E-state index contributed by atoms with van der Waals surface area (Å²) in [6, 6.07) is 5.96. The smallest absolute Gasteiger partial charge is 0.255 e. The number of likely N-dealkylation sites (tertiary alicyclic amines) is 1.